The van der Waals surface area contributed by atoms with Crippen LogP contribution in [0, 0.1) is 6.92 Å². The molecule has 0 saturated heterocycles. The maximum absolute atomic E-state index is 12.4. The normalized spacial score (nSPS) is 11.9. The Morgan fingerprint density at radius 1 is 1.12 bits per heavy atom. The molecule has 3 rings (SSSR count). The number of hydrogen-bond donors (Lipinski definition) is 3. The summed E-state index contributed by atoms with van der Waals surface area (Å²) in [6, 6.07) is 15.8. The summed E-state index contributed by atoms with van der Waals surface area (Å²) < 4.78 is 5.61. The number of aryl methyl sites for hydroxylation is 1. The molecule has 33 heavy (non-hydrogen) atoms. The predicted molar refractivity (Wildman–Crippen MR) is 143 cm³/mol. The minimum Gasteiger partial charge on any atom is -0.444 e. The minimum absolute atomic E-state index is 0. The predicted octanol–water partition coefficient (Wildman–Crippen LogP) is 4.66. The van der Waals surface area contributed by atoms with Crippen LogP contribution in [0.1, 0.15) is 47.4 Å². The molecule has 0 bridgehead atoms. The van der Waals surface area contributed by atoms with Crippen LogP contribution in [0.5, 0.6) is 0 Å². The molecule has 1 amide bonds. The lowest BCUT2D eigenvalue weighted by molar-refractivity contribution is 0.0939. The highest BCUT2D eigenvalue weighted by Gasteiger charge is 2.10. The third-order valence-corrected chi connectivity index (χ3v) is 5.15. The first-order chi connectivity index (χ1) is 15.5. The highest BCUT2D eigenvalue weighted by Crippen LogP contribution is 2.19. The fourth-order valence-electron chi connectivity index (χ4n) is 3.03. The summed E-state index contributed by atoms with van der Waals surface area (Å²) >= 11 is 0. The molecule has 0 spiro atoms. The average Bonchev–Trinajstić information content (AvgIpc) is 3.28. The van der Waals surface area contributed by atoms with Crippen LogP contribution in [0.3, 0.4) is 0 Å². The molecule has 3 aromatic rings. The van der Waals surface area contributed by atoms with Crippen LogP contribution >= 0.6 is 24.0 Å². The van der Waals surface area contributed by atoms with E-state index in [2.05, 4.69) is 25.9 Å². The molecule has 1 unspecified atom stereocenters. The largest absolute Gasteiger partial charge is 0.444 e. The van der Waals surface area contributed by atoms with E-state index in [1.54, 1.807) is 13.3 Å². The lowest BCUT2D eigenvalue weighted by Gasteiger charge is -2.13. The van der Waals surface area contributed by atoms with E-state index < -0.39 is 0 Å². The van der Waals surface area contributed by atoms with Gasteiger partial charge in [-0.15, -0.1) is 24.0 Å². The van der Waals surface area contributed by atoms with E-state index in [0.29, 0.717) is 30.5 Å². The zero-order chi connectivity index (χ0) is 22.9. The monoisotopic (exact) mass is 561 g/mol. The molecule has 0 radical (unpaired) electrons. The number of aromatic nitrogens is 1. The van der Waals surface area contributed by atoms with Crippen molar-refractivity contribution in [1.82, 2.24) is 20.9 Å². The van der Waals surface area contributed by atoms with E-state index in [0.717, 1.165) is 23.2 Å². The maximum atomic E-state index is 12.4. The number of carbonyl (C=O) groups is 1. The van der Waals surface area contributed by atoms with Crippen molar-refractivity contribution >= 4 is 35.8 Å². The topological polar surface area (TPSA) is 91.5 Å². The van der Waals surface area contributed by atoms with Gasteiger partial charge in [0.2, 0.25) is 5.89 Å². The van der Waals surface area contributed by atoms with Gasteiger partial charge in [-0.05, 0) is 50.1 Å². The van der Waals surface area contributed by atoms with Crippen molar-refractivity contribution in [1.29, 1.82) is 0 Å². The average molecular weight is 561 g/mol. The second-order valence-electron chi connectivity index (χ2n) is 7.77. The molecule has 0 saturated carbocycles. The van der Waals surface area contributed by atoms with Crippen molar-refractivity contribution in [3.63, 3.8) is 0 Å². The zero-order valence-electron chi connectivity index (χ0n) is 19.5. The summed E-state index contributed by atoms with van der Waals surface area (Å²) in [6.07, 6.45) is 2.54. The van der Waals surface area contributed by atoms with Gasteiger partial charge in [0.25, 0.3) is 5.91 Å². The van der Waals surface area contributed by atoms with Gasteiger partial charge in [-0.3, -0.25) is 9.79 Å². The number of rotatable bonds is 8. The fraction of sp³-hybridized carbons (Fsp3) is 0.320. The van der Waals surface area contributed by atoms with Gasteiger partial charge >= 0.3 is 0 Å². The van der Waals surface area contributed by atoms with E-state index in [-0.39, 0.29) is 35.9 Å². The summed E-state index contributed by atoms with van der Waals surface area (Å²) in [4.78, 5) is 21.2. The number of aliphatic imine (C=N–C) groups is 1. The summed E-state index contributed by atoms with van der Waals surface area (Å²) in [6.45, 7) is 7.11. The van der Waals surface area contributed by atoms with Gasteiger partial charge in [0.1, 0.15) is 6.26 Å². The first kappa shape index (κ1) is 26.4. The summed E-state index contributed by atoms with van der Waals surface area (Å²) in [5, 5.41) is 9.50. The quantitative estimate of drug-likeness (QED) is 0.212. The number of guanidine groups is 1. The van der Waals surface area contributed by atoms with Crippen molar-refractivity contribution in [3.05, 3.63) is 77.2 Å². The van der Waals surface area contributed by atoms with Crippen molar-refractivity contribution in [3.8, 4) is 11.5 Å². The zero-order valence-corrected chi connectivity index (χ0v) is 21.8. The van der Waals surface area contributed by atoms with E-state index in [9.17, 15) is 4.79 Å². The molecular formula is C25H32IN5O2. The van der Waals surface area contributed by atoms with Gasteiger partial charge < -0.3 is 20.4 Å². The molecule has 0 aliphatic heterocycles. The molecule has 176 valence electrons. The molecule has 1 aromatic heterocycles. The number of hydrogen-bond acceptors (Lipinski definition) is 4. The highest BCUT2D eigenvalue weighted by molar-refractivity contribution is 14.0. The Labute approximate surface area is 212 Å². The second-order valence-corrected chi connectivity index (χ2v) is 7.77. The lowest BCUT2D eigenvalue weighted by atomic mass is 10.1. The molecule has 0 aliphatic carbocycles. The number of halogens is 1. The first-order valence-electron chi connectivity index (χ1n) is 10.8. The van der Waals surface area contributed by atoms with Crippen molar-refractivity contribution in [2.45, 2.75) is 46.3 Å². The Hall–Kier alpha value is -2.88. The number of benzene rings is 2. The van der Waals surface area contributed by atoms with Crippen molar-refractivity contribution in [2.75, 3.05) is 7.05 Å². The van der Waals surface area contributed by atoms with E-state index in [1.807, 2.05) is 69.3 Å². The molecule has 1 atom stereocenters. The number of nitrogens with one attached hydrogen (secondary N) is 3. The minimum atomic E-state index is -0.0564. The van der Waals surface area contributed by atoms with E-state index in [4.69, 9.17) is 4.42 Å². The van der Waals surface area contributed by atoms with Crippen LogP contribution < -0.4 is 16.0 Å². The maximum Gasteiger partial charge on any atom is 0.251 e. The molecule has 0 aliphatic rings. The number of nitrogens with zero attached hydrogens (tertiary/aromatic N) is 2. The number of oxazole rings is 1. The number of carbonyl (C=O) groups excluding carboxylic acids is 1. The van der Waals surface area contributed by atoms with Crippen LogP contribution in [-0.4, -0.2) is 29.9 Å². The van der Waals surface area contributed by atoms with Crippen LogP contribution in [0.2, 0.25) is 0 Å². The summed E-state index contributed by atoms with van der Waals surface area (Å²) in [5.41, 5.74) is 4.57. The van der Waals surface area contributed by atoms with Gasteiger partial charge in [0.15, 0.2) is 5.96 Å². The Bertz CT molecular complexity index is 1060. The molecule has 8 heteroatoms. The Kier molecular flexibility index (Phi) is 10.4. The molecule has 7 nitrogen and oxygen atoms in total. The van der Waals surface area contributed by atoms with Gasteiger partial charge in [-0.1, -0.05) is 36.8 Å². The second kappa shape index (κ2) is 13.0. The summed E-state index contributed by atoms with van der Waals surface area (Å²) in [5.74, 6) is 1.18. The first-order valence-corrected chi connectivity index (χ1v) is 10.8. The third kappa shape index (κ3) is 7.88. The van der Waals surface area contributed by atoms with Crippen molar-refractivity contribution < 1.29 is 9.21 Å². The lowest BCUT2D eigenvalue weighted by Crippen LogP contribution is -2.36. The van der Waals surface area contributed by atoms with Gasteiger partial charge in [-0.25, -0.2) is 4.98 Å². The van der Waals surface area contributed by atoms with Crippen molar-refractivity contribution in [2.24, 2.45) is 4.99 Å². The fourth-order valence-corrected chi connectivity index (χ4v) is 3.03. The summed E-state index contributed by atoms with van der Waals surface area (Å²) in [7, 11) is 1.71. The van der Waals surface area contributed by atoms with Gasteiger partial charge in [-0.2, -0.15) is 0 Å². The smallest absolute Gasteiger partial charge is 0.251 e. The van der Waals surface area contributed by atoms with Crippen LogP contribution in [0.25, 0.3) is 11.5 Å². The molecule has 3 N–H and O–H groups in total. The number of amides is 1. The van der Waals surface area contributed by atoms with Crippen LogP contribution in [0.4, 0.5) is 0 Å². The van der Waals surface area contributed by atoms with Gasteiger partial charge in [0.05, 0.1) is 12.2 Å². The molecule has 2 aromatic carbocycles. The SMILES string of the molecule is CCC(C)NC(=O)c1cccc(CNC(=NC)NCc2coc(-c3ccc(C)cc3)n2)c1.I. The Balaban J connectivity index is 0.00000385. The third-order valence-electron chi connectivity index (χ3n) is 5.15. The van der Waals surface area contributed by atoms with Crippen LogP contribution in [-0.2, 0) is 13.1 Å². The Morgan fingerprint density at radius 3 is 2.55 bits per heavy atom. The van der Waals surface area contributed by atoms with Crippen LogP contribution in [0.15, 0.2) is 64.2 Å². The highest BCUT2D eigenvalue weighted by atomic mass is 127. The molecule has 0 fully saturated rings. The Morgan fingerprint density at radius 2 is 1.85 bits per heavy atom. The standard InChI is InChI=1S/C25H31N5O2.HI/c1-5-18(3)29-23(31)21-8-6-7-19(13-21)14-27-25(26-4)28-15-22-16-32-24(30-22)20-11-9-17(2)10-12-20;/h6-13,16,18H,5,14-15H2,1-4H3,(H,29,31)(H2,26,27,28);1H. The molecular weight excluding hydrogens is 529 g/mol. The van der Waals surface area contributed by atoms with E-state index >= 15 is 0 Å². The van der Waals surface area contributed by atoms with E-state index in [1.165, 1.54) is 5.56 Å². The molecule has 1 heterocycles. The van der Waals surface area contributed by atoms with Gasteiger partial charge in [0, 0.05) is 30.8 Å².